The molecule has 0 aromatic heterocycles. The summed E-state index contributed by atoms with van der Waals surface area (Å²) >= 11 is 5.72. The van der Waals surface area contributed by atoms with Crippen LogP contribution in [0, 0.1) is 5.82 Å². The van der Waals surface area contributed by atoms with Gasteiger partial charge in [0.15, 0.2) is 0 Å². The number of rotatable bonds is 3. The predicted octanol–water partition coefficient (Wildman–Crippen LogP) is 3.34. The third-order valence-electron chi connectivity index (χ3n) is 3.72. The highest BCUT2D eigenvalue weighted by Crippen LogP contribution is 2.34. The van der Waals surface area contributed by atoms with Gasteiger partial charge in [-0.05, 0) is 30.5 Å². The number of aliphatic hydroxyl groups is 1. The zero-order chi connectivity index (χ0) is 13.2. The Balaban J connectivity index is 2.20. The molecule has 1 saturated carbocycles. The summed E-state index contributed by atoms with van der Waals surface area (Å²) in [5.41, 5.74) is -0.479. The zero-order valence-electron chi connectivity index (χ0n) is 10.5. The molecule has 1 fully saturated rings. The summed E-state index contributed by atoms with van der Waals surface area (Å²) < 4.78 is 19.1. The molecule has 4 heteroatoms. The largest absolute Gasteiger partial charge is 0.387 e. The van der Waals surface area contributed by atoms with E-state index in [9.17, 15) is 9.50 Å². The Morgan fingerprint density at radius 2 is 2.28 bits per heavy atom. The van der Waals surface area contributed by atoms with E-state index in [4.69, 9.17) is 16.3 Å². The van der Waals surface area contributed by atoms with Crippen LogP contribution in [-0.4, -0.2) is 23.9 Å². The van der Waals surface area contributed by atoms with Crippen LogP contribution in [0.25, 0.3) is 0 Å². The van der Waals surface area contributed by atoms with Crippen molar-refractivity contribution >= 4 is 11.6 Å². The molecule has 2 rings (SSSR count). The van der Waals surface area contributed by atoms with Gasteiger partial charge in [0, 0.05) is 18.6 Å². The molecule has 100 valence electrons. The summed E-state index contributed by atoms with van der Waals surface area (Å²) in [4.78, 5) is 0. The maximum Gasteiger partial charge on any atom is 0.127 e. The molecule has 0 spiro atoms. The third kappa shape index (κ3) is 2.85. The lowest BCUT2D eigenvalue weighted by molar-refractivity contribution is -0.116. The maximum absolute atomic E-state index is 13.8. The molecule has 1 aliphatic carbocycles. The minimum atomic E-state index is -0.971. The van der Waals surface area contributed by atoms with E-state index in [1.54, 1.807) is 19.2 Å². The molecule has 0 heterocycles. The van der Waals surface area contributed by atoms with Crippen molar-refractivity contribution in [1.82, 2.24) is 0 Å². The Hall–Kier alpha value is -0.640. The Morgan fingerprint density at radius 1 is 1.50 bits per heavy atom. The van der Waals surface area contributed by atoms with E-state index in [-0.39, 0.29) is 18.3 Å². The predicted molar refractivity (Wildman–Crippen MR) is 69.3 cm³/mol. The monoisotopic (exact) mass is 272 g/mol. The molecule has 2 atom stereocenters. The fraction of sp³-hybridized carbons (Fsp3) is 0.571. The molecular weight excluding hydrogens is 255 g/mol. The van der Waals surface area contributed by atoms with E-state index >= 15 is 0 Å². The van der Waals surface area contributed by atoms with Gasteiger partial charge in [0.25, 0.3) is 0 Å². The second-order valence-electron chi connectivity index (χ2n) is 4.99. The van der Waals surface area contributed by atoms with Crippen LogP contribution in [0.15, 0.2) is 18.2 Å². The molecule has 0 amide bonds. The molecule has 2 unspecified atom stereocenters. The number of hydrogen-bond donors (Lipinski definition) is 1. The number of benzene rings is 1. The summed E-state index contributed by atoms with van der Waals surface area (Å²) in [5.74, 6) is -0.364. The first-order chi connectivity index (χ1) is 8.55. The first-order valence-electron chi connectivity index (χ1n) is 6.24. The Kier molecular flexibility index (Phi) is 4.25. The van der Waals surface area contributed by atoms with Gasteiger partial charge in [-0.25, -0.2) is 4.39 Å². The van der Waals surface area contributed by atoms with Crippen molar-refractivity contribution in [3.8, 4) is 0 Å². The van der Waals surface area contributed by atoms with Gasteiger partial charge in [0.1, 0.15) is 5.82 Å². The molecule has 0 radical (unpaired) electrons. The van der Waals surface area contributed by atoms with E-state index in [0.29, 0.717) is 17.0 Å². The Morgan fingerprint density at radius 3 is 2.94 bits per heavy atom. The van der Waals surface area contributed by atoms with Crippen molar-refractivity contribution in [1.29, 1.82) is 0 Å². The lowest BCUT2D eigenvalue weighted by Gasteiger charge is -2.39. The van der Waals surface area contributed by atoms with Crippen LogP contribution in [0.2, 0.25) is 5.02 Å². The van der Waals surface area contributed by atoms with Gasteiger partial charge in [-0.3, -0.25) is 0 Å². The van der Waals surface area contributed by atoms with E-state index in [1.807, 2.05) is 0 Å². The molecular formula is C14H18ClFO2. The lowest BCUT2D eigenvalue weighted by atomic mass is 9.78. The summed E-state index contributed by atoms with van der Waals surface area (Å²) in [6, 6.07) is 4.57. The summed E-state index contributed by atoms with van der Waals surface area (Å²) in [6.07, 6.45) is 3.51. The first kappa shape index (κ1) is 13.8. The van der Waals surface area contributed by atoms with Crippen molar-refractivity contribution < 1.29 is 14.2 Å². The van der Waals surface area contributed by atoms with Gasteiger partial charge in [0.05, 0.1) is 11.7 Å². The molecule has 0 bridgehead atoms. The van der Waals surface area contributed by atoms with Gasteiger partial charge in [0.2, 0.25) is 0 Å². The van der Waals surface area contributed by atoms with Gasteiger partial charge < -0.3 is 9.84 Å². The van der Waals surface area contributed by atoms with Crippen molar-refractivity contribution in [2.24, 2.45) is 0 Å². The van der Waals surface area contributed by atoms with Gasteiger partial charge in [-0.2, -0.15) is 0 Å². The van der Waals surface area contributed by atoms with Crippen molar-refractivity contribution in [3.63, 3.8) is 0 Å². The molecule has 0 saturated heterocycles. The second kappa shape index (κ2) is 5.55. The fourth-order valence-electron chi connectivity index (χ4n) is 2.72. The highest BCUT2D eigenvalue weighted by molar-refractivity contribution is 6.30. The summed E-state index contributed by atoms with van der Waals surface area (Å²) in [7, 11) is 1.60. The standard InChI is InChI=1S/C14H18ClFO2/c1-18-13-4-2-3-7-14(13,17)9-10-5-6-11(15)8-12(10)16/h5-6,8,13,17H,2-4,7,9H2,1H3. The Bertz CT molecular complexity index is 424. The minimum absolute atomic E-state index is 0.221. The molecule has 1 aliphatic rings. The van der Waals surface area contributed by atoms with Gasteiger partial charge >= 0.3 is 0 Å². The third-order valence-corrected chi connectivity index (χ3v) is 3.96. The van der Waals surface area contributed by atoms with E-state index < -0.39 is 5.60 Å². The Labute approximate surface area is 112 Å². The van der Waals surface area contributed by atoms with Crippen molar-refractivity contribution in [3.05, 3.63) is 34.6 Å². The molecule has 0 aliphatic heterocycles. The molecule has 1 N–H and O–H groups in total. The lowest BCUT2D eigenvalue weighted by Crippen LogP contribution is -2.47. The fourth-order valence-corrected chi connectivity index (χ4v) is 2.88. The highest BCUT2D eigenvalue weighted by atomic mass is 35.5. The number of hydrogen-bond acceptors (Lipinski definition) is 2. The average Bonchev–Trinajstić information content (AvgIpc) is 2.33. The topological polar surface area (TPSA) is 29.5 Å². The van der Waals surface area contributed by atoms with Gasteiger partial charge in [-0.15, -0.1) is 0 Å². The summed E-state index contributed by atoms with van der Waals surface area (Å²) in [6.45, 7) is 0. The summed E-state index contributed by atoms with van der Waals surface area (Å²) in [5, 5.41) is 11.0. The van der Waals surface area contributed by atoms with Crippen LogP contribution in [0.5, 0.6) is 0 Å². The average molecular weight is 273 g/mol. The van der Waals surface area contributed by atoms with Crippen LogP contribution in [0.1, 0.15) is 31.2 Å². The van der Waals surface area contributed by atoms with E-state index in [2.05, 4.69) is 0 Å². The van der Waals surface area contributed by atoms with Crippen LogP contribution < -0.4 is 0 Å². The van der Waals surface area contributed by atoms with E-state index in [0.717, 1.165) is 19.3 Å². The smallest absolute Gasteiger partial charge is 0.127 e. The molecule has 2 nitrogen and oxygen atoms in total. The van der Waals surface area contributed by atoms with Crippen LogP contribution in [0.4, 0.5) is 4.39 Å². The highest BCUT2D eigenvalue weighted by Gasteiger charge is 2.39. The SMILES string of the molecule is COC1CCCCC1(O)Cc1ccc(Cl)cc1F. The van der Waals surface area contributed by atoms with Crippen molar-refractivity contribution in [2.45, 2.75) is 43.8 Å². The second-order valence-corrected chi connectivity index (χ2v) is 5.42. The minimum Gasteiger partial charge on any atom is -0.387 e. The normalized spacial score (nSPS) is 28.3. The molecule has 1 aromatic rings. The molecule has 1 aromatic carbocycles. The van der Waals surface area contributed by atoms with Gasteiger partial charge in [-0.1, -0.05) is 30.5 Å². The number of ether oxygens (including phenoxy) is 1. The number of halogens is 2. The van der Waals surface area contributed by atoms with Crippen LogP contribution in [0.3, 0.4) is 0 Å². The zero-order valence-corrected chi connectivity index (χ0v) is 11.2. The van der Waals surface area contributed by atoms with Crippen molar-refractivity contribution in [2.75, 3.05) is 7.11 Å². The van der Waals surface area contributed by atoms with Crippen LogP contribution in [-0.2, 0) is 11.2 Å². The quantitative estimate of drug-likeness (QED) is 0.914. The first-order valence-corrected chi connectivity index (χ1v) is 6.62. The number of methoxy groups -OCH3 is 1. The van der Waals surface area contributed by atoms with E-state index in [1.165, 1.54) is 6.07 Å². The molecule has 18 heavy (non-hydrogen) atoms. The van der Waals surface area contributed by atoms with Crippen LogP contribution >= 0.6 is 11.6 Å². The maximum atomic E-state index is 13.8.